The van der Waals surface area contributed by atoms with E-state index in [9.17, 15) is 0 Å². The number of nitrogens with zero attached hydrogens (tertiary/aromatic N) is 2. The van der Waals surface area contributed by atoms with E-state index in [1.54, 1.807) is 0 Å². The maximum Gasteiger partial charge on any atom is 0.299 e. The summed E-state index contributed by atoms with van der Waals surface area (Å²) in [6.07, 6.45) is 2.54. The SMILES string of the molecule is Brc1ccc(Oc2nnc(CNC3CC3)s2)c(Br)c1. The lowest BCUT2D eigenvalue weighted by molar-refractivity contribution is 0.470. The first-order valence-electron chi connectivity index (χ1n) is 5.89. The fraction of sp³-hybridized carbons (Fsp3) is 0.333. The molecule has 0 atom stereocenters. The average Bonchev–Trinajstić information content (AvgIpc) is 3.10. The molecule has 1 aromatic heterocycles. The molecule has 0 radical (unpaired) electrons. The number of ether oxygens (including phenoxy) is 1. The Balaban J connectivity index is 1.65. The Kier molecular flexibility index (Phi) is 4.16. The predicted molar refractivity (Wildman–Crippen MR) is 81.7 cm³/mol. The highest BCUT2D eigenvalue weighted by molar-refractivity contribution is 9.11. The fourth-order valence-electron chi connectivity index (χ4n) is 1.52. The maximum absolute atomic E-state index is 5.72. The van der Waals surface area contributed by atoms with Gasteiger partial charge in [0.25, 0.3) is 5.19 Å². The molecule has 3 rings (SSSR count). The van der Waals surface area contributed by atoms with Gasteiger partial charge in [-0.2, -0.15) is 0 Å². The van der Waals surface area contributed by atoms with Gasteiger partial charge in [-0.3, -0.25) is 0 Å². The second-order valence-electron chi connectivity index (χ2n) is 4.29. The first-order valence-corrected chi connectivity index (χ1v) is 8.29. The van der Waals surface area contributed by atoms with E-state index >= 15 is 0 Å². The quantitative estimate of drug-likeness (QED) is 0.814. The molecule has 1 saturated carbocycles. The van der Waals surface area contributed by atoms with Crippen LogP contribution in [0, 0.1) is 0 Å². The Morgan fingerprint density at radius 2 is 2.16 bits per heavy atom. The van der Waals surface area contributed by atoms with Crippen molar-refractivity contribution in [2.45, 2.75) is 25.4 Å². The van der Waals surface area contributed by atoms with E-state index in [0.717, 1.165) is 26.2 Å². The summed E-state index contributed by atoms with van der Waals surface area (Å²) in [5.74, 6) is 0.737. The molecule has 0 unspecified atom stereocenters. The molecular formula is C12H11Br2N3OS. The molecule has 1 aliphatic rings. The van der Waals surface area contributed by atoms with E-state index in [1.165, 1.54) is 24.2 Å². The third-order valence-electron chi connectivity index (χ3n) is 2.66. The third-order valence-corrected chi connectivity index (χ3v) is 4.57. The number of nitrogens with one attached hydrogen (secondary N) is 1. The second kappa shape index (κ2) is 5.87. The van der Waals surface area contributed by atoms with Gasteiger partial charge in [0, 0.05) is 10.5 Å². The highest BCUT2D eigenvalue weighted by atomic mass is 79.9. The number of hydrogen-bond donors (Lipinski definition) is 1. The fourth-order valence-corrected chi connectivity index (χ4v) is 3.30. The first-order chi connectivity index (χ1) is 9.20. The molecular weight excluding hydrogens is 394 g/mol. The maximum atomic E-state index is 5.72. The minimum absolute atomic E-state index is 0.565. The van der Waals surface area contributed by atoms with Crippen molar-refractivity contribution in [1.82, 2.24) is 15.5 Å². The molecule has 1 aliphatic carbocycles. The Hall–Kier alpha value is -0.500. The zero-order valence-electron chi connectivity index (χ0n) is 9.90. The third kappa shape index (κ3) is 3.75. The van der Waals surface area contributed by atoms with Gasteiger partial charge < -0.3 is 10.1 Å². The van der Waals surface area contributed by atoms with Crippen LogP contribution in [0.3, 0.4) is 0 Å². The van der Waals surface area contributed by atoms with Gasteiger partial charge in [-0.25, -0.2) is 0 Å². The number of benzene rings is 1. The van der Waals surface area contributed by atoms with E-state index < -0.39 is 0 Å². The van der Waals surface area contributed by atoms with Crippen molar-refractivity contribution in [3.05, 3.63) is 32.2 Å². The zero-order valence-corrected chi connectivity index (χ0v) is 13.9. The van der Waals surface area contributed by atoms with Gasteiger partial charge in [-0.1, -0.05) is 32.4 Å². The van der Waals surface area contributed by atoms with Crippen LogP contribution in [0.1, 0.15) is 17.8 Å². The minimum atomic E-state index is 0.565. The molecule has 2 aromatic rings. The molecule has 1 N–H and O–H groups in total. The Labute approximate surface area is 131 Å². The van der Waals surface area contributed by atoms with E-state index in [1.807, 2.05) is 18.2 Å². The molecule has 0 spiro atoms. The van der Waals surface area contributed by atoms with Gasteiger partial charge in [0.1, 0.15) is 10.8 Å². The van der Waals surface area contributed by atoms with Crippen molar-refractivity contribution in [3.63, 3.8) is 0 Å². The molecule has 19 heavy (non-hydrogen) atoms. The van der Waals surface area contributed by atoms with Gasteiger partial charge in [0.05, 0.1) is 11.0 Å². The normalized spacial score (nSPS) is 14.6. The largest absolute Gasteiger partial charge is 0.429 e. The van der Waals surface area contributed by atoms with Crippen LogP contribution in [0.25, 0.3) is 0 Å². The average molecular weight is 405 g/mol. The van der Waals surface area contributed by atoms with E-state index in [0.29, 0.717) is 11.2 Å². The molecule has 1 aromatic carbocycles. The van der Waals surface area contributed by atoms with Crippen LogP contribution >= 0.6 is 43.2 Å². The summed E-state index contributed by atoms with van der Waals surface area (Å²) < 4.78 is 7.60. The molecule has 100 valence electrons. The van der Waals surface area contributed by atoms with E-state index in [4.69, 9.17) is 4.74 Å². The Morgan fingerprint density at radius 3 is 2.89 bits per heavy atom. The Bertz CT molecular complexity index is 586. The number of hydrogen-bond acceptors (Lipinski definition) is 5. The molecule has 0 aliphatic heterocycles. The monoisotopic (exact) mass is 403 g/mol. The van der Waals surface area contributed by atoms with Gasteiger partial charge in [-0.15, -0.1) is 5.10 Å². The van der Waals surface area contributed by atoms with Crippen LogP contribution in [0.4, 0.5) is 0 Å². The molecule has 0 bridgehead atoms. The lowest BCUT2D eigenvalue weighted by Gasteiger charge is -2.03. The second-order valence-corrected chi connectivity index (χ2v) is 7.09. The number of rotatable bonds is 5. The molecule has 1 fully saturated rings. The van der Waals surface area contributed by atoms with Crippen LogP contribution in [-0.4, -0.2) is 16.2 Å². The predicted octanol–water partition coefficient (Wildman–Crippen LogP) is 4.11. The zero-order chi connectivity index (χ0) is 13.2. The van der Waals surface area contributed by atoms with E-state index in [-0.39, 0.29) is 0 Å². The van der Waals surface area contributed by atoms with Crippen molar-refractivity contribution in [3.8, 4) is 10.9 Å². The van der Waals surface area contributed by atoms with Crippen molar-refractivity contribution in [2.75, 3.05) is 0 Å². The smallest absolute Gasteiger partial charge is 0.299 e. The summed E-state index contributed by atoms with van der Waals surface area (Å²) >= 11 is 8.34. The summed E-state index contributed by atoms with van der Waals surface area (Å²) in [5.41, 5.74) is 0. The summed E-state index contributed by atoms with van der Waals surface area (Å²) in [7, 11) is 0. The van der Waals surface area contributed by atoms with Gasteiger partial charge in [0.2, 0.25) is 0 Å². The molecule has 0 amide bonds. The summed E-state index contributed by atoms with van der Waals surface area (Å²) in [6.45, 7) is 0.771. The van der Waals surface area contributed by atoms with Gasteiger partial charge in [0.15, 0.2) is 0 Å². The van der Waals surface area contributed by atoms with Crippen molar-refractivity contribution >= 4 is 43.2 Å². The molecule has 7 heteroatoms. The number of aromatic nitrogens is 2. The van der Waals surface area contributed by atoms with Gasteiger partial charge in [-0.05, 0) is 47.0 Å². The van der Waals surface area contributed by atoms with Crippen LogP contribution < -0.4 is 10.1 Å². The lowest BCUT2D eigenvalue weighted by Crippen LogP contribution is -2.14. The van der Waals surface area contributed by atoms with Crippen LogP contribution in [0.5, 0.6) is 10.9 Å². The summed E-state index contributed by atoms with van der Waals surface area (Å²) in [6, 6.07) is 6.43. The number of halogens is 2. The van der Waals surface area contributed by atoms with Crippen LogP contribution in [0.15, 0.2) is 27.1 Å². The van der Waals surface area contributed by atoms with Gasteiger partial charge >= 0.3 is 0 Å². The molecule has 1 heterocycles. The highest BCUT2D eigenvalue weighted by Gasteiger charge is 2.20. The standard InChI is InChI=1S/C12H11Br2N3OS/c13-7-1-4-10(9(14)5-7)18-12-17-16-11(19-12)6-15-8-2-3-8/h1,4-5,8,15H,2-3,6H2. The molecule has 4 nitrogen and oxygen atoms in total. The van der Waals surface area contributed by atoms with Crippen LogP contribution in [-0.2, 0) is 6.54 Å². The van der Waals surface area contributed by atoms with Crippen LogP contribution in [0.2, 0.25) is 0 Å². The molecule has 0 saturated heterocycles. The van der Waals surface area contributed by atoms with Crippen molar-refractivity contribution < 1.29 is 4.74 Å². The first kappa shape index (κ1) is 13.5. The van der Waals surface area contributed by atoms with Crippen molar-refractivity contribution in [1.29, 1.82) is 0 Å². The minimum Gasteiger partial charge on any atom is -0.429 e. The highest BCUT2D eigenvalue weighted by Crippen LogP contribution is 2.33. The van der Waals surface area contributed by atoms with E-state index in [2.05, 4.69) is 47.4 Å². The Morgan fingerprint density at radius 1 is 1.32 bits per heavy atom. The van der Waals surface area contributed by atoms with Crippen molar-refractivity contribution in [2.24, 2.45) is 0 Å². The summed E-state index contributed by atoms with van der Waals surface area (Å²) in [5, 5.41) is 13.1. The topological polar surface area (TPSA) is 47.0 Å². The summed E-state index contributed by atoms with van der Waals surface area (Å²) in [4.78, 5) is 0. The lowest BCUT2D eigenvalue weighted by atomic mass is 10.3.